The highest BCUT2D eigenvalue weighted by Crippen LogP contribution is 2.27. The van der Waals surface area contributed by atoms with Crippen molar-refractivity contribution < 1.29 is 14.3 Å². The van der Waals surface area contributed by atoms with Gasteiger partial charge in [0.1, 0.15) is 6.26 Å². The van der Waals surface area contributed by atoms with Gasteiger partial charge in [0.25, 0.3) is 0 Å². The van der Waals surface area contributed by atoms with Gasteiger partial charge in [-0.05, 0) is 44.9 Å². The Labute approximate surface area is 135 Å². The molecule has 2 N–H and O–H groups in total. The third-order valence-corrected chi connectivity index (χ3v) is 4.08. The molecule has 1 aliphatic heterocycles. The van der Waals surface area contributed by atoms with E-state index in [0.717, 1.165) is 16.8 Å². The number of β-amino-alcohol motifs (C(OH)–C–C–N with tert-alkyl or cyclic N) is 1. The molecule has 0 saturated carbocycles. The zero-order chi connectivity index (χ0) is 16.6. The summed E-state index contributed by atoms with van der Waals surface area (Å²) in [5.74, 6) is 0.542. The minimum absolute atomic E-state index is 0.207. The Kier molecular flexibility index (Phi) is 3.85. The van der Waals surface area contributed by atoms with Crippen molar-refractivity contribution in [3.63, 3.8) is 0 Å². The summed E-state index contributed by atoms with van der Waals surface area (Å²) < 4.78 is 5.45. The number of amides is 2. The fourth-order valence-corrected chi connectivity index (χ4v) is 2.73. The first-order valence-electron chi connectivity index (χ1n) is 7.65. The summed E-state index contributed by atoms with van der Waals surface area (Å²) in [4.78, 5) is 18.3. The van der Waals surface area contributed by atoms with Crippen LogP contribution in [0.2, 0.25) is 0 Å². The van der Waals surface area contributed by atoms with Crippen LogP contribution in [0.1, 0.15) is 24.6 Å². The van der Waals surface area contributed by atoms with Gasteiger partial charge in [-0.25, -0.2) is 9.78 Å². The van der Waals surface area contributed by atoms with Gasteiger partial charge in [0, 0.05) is 17.8 Å². The van der Waals surface area contributed by atoms with Gasteiger partial charge in [-0.1, -0.05) is 6.07 Å². The number of rotatable bonds is 2. The number of aromatic nitrogens is 1. The molecule has 3 rings (SSSR count). The molecular weight excluding hydrogens is 294 g/mol. The average Bonchev–Trinajstić information content (AvgIpc) is 3.06. The molecule has 6 heteroatoms. The van der Waals surface area contributed by atoms with E-state index >= 15 is 0 Å². The largest absolute Gasteiger partial charge is 0.444 e. The molecule has 1 fully saturated rings. The minimum atomic E-state index is -0.800. The maximum atomic E-state index is 12.3. The van der Waals surface area contributed by atoms with Crippen molar-refractivity contribution in [3.05, 3.63) is 35.7 Å². The summed E-state index contributed by atoms with van der Waals surface area (Å²) in [5.41, 5.74) is 2.56. The first-order chi connectivity index (χ1) is 10.8. The predicted octanol–water partition coefficient (Wildman–Crippen LogP) is 2.95. The second-order valence-electron chi connectivity index (χ2n) is 6.42. The van der Waals surface area contributed by atoms with Gasteiger partial charge in [0.2, 0.25) is 5.89 Å². The maximum Gasteiger partial charge on any atom is 0.321 e. The number of likely N-dealkylation sites (tertiary alicyclic amines) is 1. The fourth-order valence-electron chi connectivity index (χ4n) is 2.73. The number of nitrogens with one attached hydrogen (secondary N) is 1. The molecule has 1 aromatic carbocycles. The van der Waals surface area contributed by atoms with Crippen LogP contribution in [-0.2, 0) is 0 Å². The summed E-state index contributed by atoms with van der Waals surface area (Å²) >= 11 is 0. The Bertz CT molecular complexity index is 736. The summed E-state index contributed by atoms with van der Waals surface area (Å²) in [7, 11) is 0. The highest BCUT2D eigenvalue weighted by atomic mass is 16.3. The molecule has 0 bridgehead atoms. The van der Waals surface area contributed by atoms with Crippen LogP contribution in [0.3, 0.4) is 0 Å². The van der Waals surface area contributed by atoms with Crippen molar-refractivity contribution >= 4 is 11.7 Å². The lowest BCUT2D eigenvalue weighted by Gasteiger charge is -2.19. The van der Waals surface area contributed by atoms with E-state index in [1.165, 1.54) is 0 Å². The second kappa shape index (κ2) is 5.70. The zero-order valence-corrected chi connectivity index (χ0v) is 13.6. The number of benzene rings is 1. The van der Waals surface area contributed by atoms with Crippen LogP contribution in [0, 0.1) is 13.8 Å². The molecule has 6 nitrogen and oxygen atoms in total. The number of aliphatic hydroxyl groups is 1. The number of aryl methyl sites for hydroxylation is 2. The molecule has 1 saturated heterocycles. The summed E-state index contributed by atoms with van der Waals surface area (Å²) in [6.45, 7) is 6.48. The SMILES string of the molecule is Cc1coc(-c2cc(NC(=O)N3CCC(C)(O)C3)ccc2C)n1. The Hall–Kier alpha value is -2.34. The van der Waals surface area contributed by atoms with Gasteiger partial charge in [0.05, 0.1) is 17.8 Å². The molecule has 2 amide bonds. The van der Waals surface area contributed by atoms with Gasteiger partial charge in [-0.15, -0.1) is 0 Å². The minimum Gasteiger partial charge on any atom is -0.444 e. The standard InChI is InChI=1S/C17H21N3O3/c1-11-4-5-13(8-14(11)15-18-12(2)9-23-15)19-16(21)20-7-6-17(3,22)10-20/h4-5,8-9,22H,6-7,10H2,1-3H3,(H,19,21). The molecule has 1 aliphatic rings. The summed E-state index contributed by atoms with van der Waals surface area (Å²) in [6.07, 6.45) is 2.20. The van der Waals surface area contributed by atoms with Crippen molar-refractivity contribution in [2.75, 3.05) is 18.4 Å². The topological polar surface area (TPSA) is 78.6 Å². The van der Waals surface area contributed by atoms with Gasteiger partial charge in [-0.3, -0.25) is 0 Å². The Balaban J connectivity index is 1.78. The Morgan fingerprint density at radius 2 is 2.22 bits per heavy atom. The van der Waals surface area contributed by atoms with Crippen molar-refractivity contribution in [2.45, 2.75) is 32.8 Å². The molecule has 1 unspecified atom stereocenters. The van der Waals surface area contributed by atoms with E-state index in [-0.39, 0.29) is 6.03 Å². The van der Waals surface area contributed by atoms with E-state index in [4.69, 9.17) is 4.42 Å². The molecule has 122 valence electrons. The van der Waals surface area contributed by atoms with Crippen molar-refractivity contribution in [1.29, 1.82) is 0 Å². The van der Waals surface area contributed by atoms with E-state index in [0.29, 0.717) is 31.1 Å². The molecule has 2 heterocycles. The third kappa shape index (κ3) is 3.37. The van der Waals surface area contributed by atoms with Gasteiger partial charge >= 0.3 is 6.03 Å². The number of nitrogens with zero attached hydrogens (tertiary/aromatic N) is 2. The zero-order valence-electron chi connectivity index (χ0n) is 13.6. The number of urea groups is 1. The van der Waals surface area contributed by atoms with Gasteiger partial charge in [-0.2, -0.15) is 0 Å². The number of carbonyl (C=O) groups excluding carboxylic acids is 1. The molecule has 0 spiro atoms. The van der Waals surface area contributed by atoms with Crippen LogP contribution >= 0.6 is 0 Å². The van der Waals surface area contributed by atoms with Crippen LogP contribution in [0.15, 0.2) is 28.9 Å². The van der Waals surface area contributed by atoms with E-state index in [2.05, 4.69) is 10.3 Å². The number of oxazole rings is 1. The van der Waals surface area contributed by atoms with Gasteiger partial charge in [0.15, 0.2) is 0 Å². The fraction of sp³-hybridized carbons (Fsp3) is 0.412. The van der Waals surface area contributed by atoms with E-state index < -0.39 is 5.60 Å². The number of hydrogen-bond acceptors (Lipinski definition) is 4. The molecule has 1 atom stereocenters. The summed E-state index contributed by atoms with van der Waals surface area (Å²) in [5, 5.41) is 12.8. The number of anilines is 1. The first kappa shape index (κ1) is 15.6. The normalized spacial score (nSPS) is 20.8. The maximum absolute atomic E-state index is 12.3. The Morgan fingerprint density at radius 3 is 2.83 bits per heavy atom. The highest BCUT2D eigenvalue weighted by molar-refractivity contribution is 5.90. The number of carbonyl (C=O) groups is 1. The Morgan fingerprint density at radius 1 is 1.43 bits per heavy atom. The lowest BCUT2D eigenvalue weighted by molar-refractivity contribution is 0.0727. The van der Waals surface area contributed by atoms with Crippen molar-refractivity contribution in [1.82, 2.24) is 9.88 Å². The smallest absolute Gasteiger partial charge is 0.321 e. The van der Waals surface area contributed by atoms with E-state index in [9.17, 15) is 9.90 Å². The van der Waals surface area contributed by atoms with E-state index in [1.54, 1.807) is 18.1 Å². The van der Waals surface area contributed by atoms with Crippen LogP contribution in [-0.4, -0.2) is 39.7 Å². The predicted molar refractivity (Wildman–Crippen MR) is 87.2 cm³/mol. The molecule has 0 radical (unpaired) electrons. The van der Waals surface area contributed by atoms with Crippen LogP contribution in [0.4, 0.5) is 10.5 Å². The molecule has 0 aliphatic carbocycles. The molecule has 2 aromatic rings. The van der Waals surface area contributed by atoms with Gasteiger partial charge < -0.3 is 19.7 Å². The van der Waals surface area contributed by atoms with Crippen LogP contribution in [0.5, 0.6) is 0 Å². The lowest BCUT2D eigenvalue weighted by atomic mass is 10.1. The van der Waals surface area contributed by atoms with Crippen LogP contribution < -0.4 is 5.32 Å². The summed E-state index contributed by atoms with van der Waals surface area (Å²) in [6, 6.07) is 5.42. The second-order valence-corrected chi connectivity index (χ2v) is 6.42. The monoisotopic (exact) mass is 315 g/mol. The van der Waals surface area contributed by atoms with E-state index in [1.807, 2.05) is 32.0 Å². The number of hydrogen-bond donors (Lipinski definition) is 2. The molecule has 23 heavy (non-hydrogen) atoms. The molecular formula is C17H21N3O3. The first-order valence-corrected chi connectivity index (χ1v) is 7.65. The van der Waals surface area contributed by atoms with Crippen LogP contribution in [0.25, 0.3) is 11.5 Å². The lowest BCUT2D eigenvalue weighted by Crippen LogP contribution is -2.36. The highest BCUT2D eigenvalue weighted by Gasteiger charge is 2.34. The van der Waals surface area contributed by atoms with Crippen molar-refractivity contribution in [3.8, 4) is 11.5 Å². The van der Waals surface area contributed by atoms with Crippen molar-refractivity contribution in [2.24, 2.45) is 0 Å². The quantitative estimate of drug-likeness (QED) is 0.893. The third-order valence-electron chi connectivity index (χ3n) is 4.08. The molecule has 1 aromatic heterocycles. The average molecular weight is 315 g/mol.